The molecule has 2 aromatic carbocycles. The molecule has 0 unspecified atom stereocenters. The van der Waals surface area contributed by atoms with Crippen LogP contribution in [0.1, 0.15) is 16.7 Å². The Hall–Kier alpha value is -0.817. The monoisotopic (exact) mass is 379 g/mol. The molecule has 0 radical (unpaired) electrons. The van der Waals surface area contributed by atoms with Gasteiger partial charge in [-0.3, -0.25) is 0 Å². The Balaban J connectivity index is 2.28. The van der Waals surface area contributed by atoms with Crippen molar-refractivity contribution in [2.45, 2.75) is 6.92 Å². The molecule has 0 amide bonds. The van der Waals surface area contributed by atoms with Gasteiger partial charge >= 0.3 is 127 Å². The molecular formula is C15H13Cl2NRu. The van der Waals surface area contributed by atoms with E-state index in [2.05, 4.69) is 11.9 Å². The Morgan fingerprint density at radius 2 is 1.58 bits per heavy atom. The van der Waals surface area contributed by atoms with Crippen LogP contribution in [-0.2, 0) is 13.5 Å². The first-order valence-electron chi connectivity index (χ1n) is 5.68. The minimum absolute atomic E-state index is 0.936. The van der Waals surface area contributed by atoms with Crippen molar-refractivity contribution in [2.24, 2.45) is 4.99 Å². The number of nitrogens with zero attached hydrogens (tertiary/aromatic N) is 1. The standard InChI is InChI=1S/C15H13N.2ClH.Ru/c1-12-7-9-15(10-8-12)16-11-14-6-4-3-5-13(14)2;;;/h2-11H,1H3;2*1H;/q;;;+2/p-2. The van der Waals surface area contributed by atoms with Crippen LogP contribution in [0.5, 0.6) is 0 Å². The second kappa shape index (κ2) is 7.10. The molecular weight excluding hydrogens is 366 g/mol. The first-order chi connectivity index (χ1) is 9.15. The van der Waals surface area contributed by atoms with Crippen molar-refractivity contribution in [1.29, 1.82) is 0 Å². The Bertz CT molecular complexity index is 614. The van der Waals surface area contributed by atoms with Crippen LogP contribution in [0, 0.1) is 6.92 Å². The van der Waals surface area contributed by atoms with E-state index in [-0.39, 0.29) is 0 Å². The van der Waals surface area contributed by atoms with Gasteiger partial charge in [0, 0.05) is 0 Å². The Morgan fingerprint density at radius 1 is 0.947 bits per heavy atom. The van der Waals surface area contributed by atoms with Gasteiger partial charge in [-0.15, -0.1) is 0 Å². The molecule has 0 atom stereocenters. The van der Waals surface area contributed by atoms with E-state index in [1.165, 1.54) is 5.56 Å². The van der Waals surface area contributed by atoms with Crippen molar-refractivity contribution in [3.63, 3.8) is 0 Å². The maximum absolute atomic E-state index is 5.93. The summed E-state index contributed by atoms with van der Waals surface area (Å²) in [4.78, 5) is 4.47. The van der Waals surface area contributed by atoms with E-state index < -0.39 is 13.5 Å². The first kappa shape index (κ1) is 14.6. The third-order valence-electron chi connectivity index (χ3n) is 2.57. The van der Waals surface area contributed by atoms with Crippen LogP contribution in [0.4, 0.5) is 5.69 Å². The number of benzene rings is 2. The normalized spacial score (nSPS) is 11.6. The molecule has 19 heavy (non-hydrogen) atoms. The van der Waals surface area contributed by atoms with E-state index in [0.29, 0.717) is 0 Å². The fourth-order valence-corrected chi connectivity index (χ4v) is 3.43. The van der Waals surface area contributed by atoms with Gasteiger partial charge in [0.05, 0.1) is 0 Å². The van der Waals surface area contributed by atoms with Gasteiger partial charge in [-0.1, -0.05) is 0 Å². The molecule has 1 nitrogen and oxygen atoms in total. The van der Waals surface area contributed by atoms with Crippen LogP contribution in [0.25, 0.3) is 0 Å². The van der Waals surface area contributed by atoms with E-state index in [4.69, 9.17) is 19.4 Å². The molecule has 0 saturated carbocycles. The molecule has 0 bridgehead atoms. The summed E-state index contributed by atoms with van der Waals surface area (Å²) in [6.07, 6.45) is 1.85. The zero-order valence-corrected chi connectivity index (χ0v) is 13.6. The second-order valence-corrected chi connectivity index (χ2v) is 9.75. The molecule has 0 spiro atoms. The van der Waals surface area contributed by atoms with Gasteiger partial charge < -0.3 is 0 Å². The van der Waals surface area contributed by atoms with E-state index >= 15 is 0 Å². The molecule has 0 aliphatic carbocycles. The van der Waals surface area contributed by atoms with E-state index in [9.17, 15) is 0 Å². The quantitative estimate of drug-likeness (QED) is 0.536. The number of aliphatic imine (C=N–C) groups is 1. The van der Waals surface area contributed by atoms with Crippen molar-refractivity contribution in [3.8, 4) is 0 Å². The summed E-state index contributed by atoms with van der Waals surface area (Å²) < 4.78 is 1.93. The van der Waals surface area contributed by atoms with Crippen LogP contribution in [-0.4, -0.2) is 10.8 Å². The molecule has 0 aromatic heterocycles. The van der Waals surface area contributed by atoms with Gasteiger partial charge in [0.15, 0.2) is 0 Å². The number of hydrogen-bond donors (Lipinski definition) is 0. The Labute approximate surface area is 126 Å². The fourth-order valence-electron chi connectivity index (χ4n) is 1.58. The first-order valence-corrected chi connectivity index (χ1v) is 11.2. The summed E-state index contributed by atoms with van der Waals surface area (Å²) in [6, 6.07) is 16.1. The predicted octanol–water partition coefficient (Wildman–Crippen LogP) is 4.82. The molecule has 0 heterocycles. The van der Waals surface area contributed by atoms with Gasteiger partial charge in [0.25, 0.3) is 0 Å². The molecule has 4 heteroatoms. The third kappa shape index (κ3) is 4.65. The van der Waals surface area contributed by atoms with Gasteiger partial charge in [-0.05, 0) is 0 Å². The summed E-state index contributed by atoms with van der Waals surface area (Å²) in [5.41, 5.74) is 4.24. The summed E-state index contributed by atoms with van der Waals surface area (Å²) >= 11 is -1.81. The summed E-state index contributed by atoms with van der Waals surface area (Å²) in [5.74, 6) is 0. The Kier molecular flexibility index (Phi) is 5.45. The van der Waals surface area contributed by atoms with E-state index in [1.54, 1.807) is 0 Å². The summed E-state index contributed by atoms with van der Waals surface area (Å²) in [5, 5.41) is 0. The van der Waals surface area contributed by atoms with Crippen molar-refractivity contribution in [2.75, 3.05) is 0 Å². The van der Waals surface area contributed by atoms with E-state index in [0.717, 1.165) is 16.8 Å². The topological polar surface area (TPSA) is 12.4 Å². The Morgan fingerprint density at radius 3 is 2.21 bits per heavy atom. The van der Waals surface area contributed by atoms with Crippen LogP contribution in [0.2, 0.25) is 0 Å². The average molecular weight is 379 g/mol. The molecule has 0 saturated heterocycles. The maximum atomic E-state index is 5.93. The second-order valence-electron chi connectivity index (χ2n) is 4.03. The fraction of sp³-hybridized carbons (Fsp3) is 0.0667. The molecule has 0 aliphatic heterocycles. The van der Waals surface area contributed by atoms with Crippen molar-refractivity contribution in [3.05, 3.63) is 65.2 Å². The van der Waals surface area contributed by atoms with Crippen LogP contribution < -0.4 is 0 Å². The van der Waals surface area contributed by atoms with Crippen molar-refractivity contribution in [1.82, 2.24) is 0 Å². The zero-order valence-electron chi connectivity index (χ0n) is 10.3. The van der Waals surface area contributed by atoms with Gasteiger partial charge in [-0.2, -0.15) is 0 Å². The molecule has 0 fully saturated rings. The summed E-state index contributed by atoms with van der Waals surface area (Å²) in [6.45, 7) is 2.06. The van der Waals surface area contributed by atoms with Crippen LogP contribution in [0.3, 0.4) is 0 Å². The SMILES string of the molecule is Cc1ccc(N=Cc2ccccc2[CH]=[Ru]([Cl])[Cl])cc1. The molecule has 0 aliphatic rings. The van der Waals surface area contributed by atoms with Crippen LogP contribution in [0.15, 0.2) is 53.5 Å². The van der Waals surface area contributed by atoms with Crippen LogP contribution >= 0.6 is 19.4 Å². The van der Waals surface area contributed by atoms with Gasteiger partial charge in [-0.25, -0.2) is 0 Å². The number of aryl methyl sites for hydroxylation is 1. The number of hydrogen-bond acceptors (Lipinski definition) is 1. The van der Waals surface area contributed by atoms with Gasteiger partial charge in [0.1, 0.15) is 0 Å². The molecule has 0 N–H and O–H groups in total. The average Bonchev–Trinajstić information content (AvgIpc) is 2.39. The van der Waals surface area contributed by atoms with Crippen molar-refractivity contribution >= 4 is 35.9 Å². The van der Waals surface area contributed by atoms with Gasteiger partial charge in [0.2, 0.25) is 0 Å². The number of rotatable bonds is 3. The zero-order chi connectivity index (χ0) is 13.7. The molecule has 2 aromatic rings. The predicted molar refractivity (Wildman–Crippen MR) is 81.7 cm³/mol. The summed E-state index contributed by atoms with van der Waals surface area (Å²) in [7, 11) is 11.9. The molecule has 100 valence electrons. The molecule has 2 rings (SSSR count). The number of halogens is 2. The third-order valence-corrected chi connectivity index (χ3v) is 4.40. The van der Waals surface area contributed by atoms with Crippen molar-refractivity contribution < 1.29 is 13.5 Å². The van der Waals surface area contributed by atoms with E-state index in [1.807, 2.05) is 59.4 Å². The minimum atomic E-state index is -1.81.